The summed E-state index contributed by atoms with van der Waals surface area (Å²) in [6, 6.07) is 11.0. The van der Waals surface area contributed by atoms with Crippen LogP contribution in [0.5, 0.6) is 0 Å². The van der Waals surface area contributed by atoms with Crippen LogP contribution < -0.4 is 10.3 Å². The molecule has 30 heavy (non-hydrogen) atoms. The fourth-order valence-corrected chi connectivity index (χ4v) is 3.05. The summed E-state index contributed by atoms with van der Waals surface area (Å²) in [5, 5.41) is 7.65. The van der Waals surface area contributed by atoms with Crippen LogP contribution in [-0.2, 0) is 12.7 Å². The maximum atomic E-state index is 14.4. The SMILES string of the molecule is O=C(NCc1ccc(N2CCN=C=N2)c(F)c1)c1c(C(F)(F)F)nc2ccccn12. The molecule has 1 aliphatic rings. The van der Waals surface area contributed by atoms with Gasteiger partial charge in [-0.2, -0.15) is 13.2 Å². The fourth-order valence-electron chi connectivity index (χ4n) is 3.05. The minimum absolute atomic E-state index is 0.00371. The number of amides is 1. The highest BCUT2D eigenvalue weighted by atomic mass is 19.4. The number of nitrogens with one attached hydrogen (secondary N) is 1. The summed E-state index contributed by atoms with van der Waals surface area (Å²) in [4.78, 5) is 19.9. The molecule has 1 aliphatic heterocycles. The number of aromatic nitrogens is 2. The maximum absolute atomic E-state index is 14.4. The zero-order chi connectivity index (χ0) is 21.3. The van der Waals surface area contributed by atoms with Gasteiger partial charge >= 0.3 is 6.18 Å². The number of rotatable bonds is 4. The van der Waals surface area contributed by atoms with E-state index in [9.17, 15) is 22.4 Å². The van der Waals surface area contributed by atoms with Crippen LogP contribution in [0.3, 0.4) is 0 Å². The number of benzene rings is 1. The predicted octanol–water partition coefficient (Wildman–Crippen LogP) is 3.33. The lowest BCUT2D eigenvalue weighted by Crippen LogP contribution is -2.27. The number of hydrogen-bond donors (Lipinski definition) is 1. The molecule has 2 aromatic heterocycles. The van der Waals surface area contributed by atoms with Gasteiger partial charge < -0.3 is 5.32 Å². The number of hydrazone groups is 1. The third-order valence-corrected chi connectivity index (χ3v) is 4.42. The van der Waals surface area contributed by atoms with Gasteiger partial charge in [-0.1, -0.05) is 12.1 Å². The second-order valence-electron chi connectivity index (χ2n) is 6.41. The minimum Gasteiger partial charge on any atom is -0.347 e. The van der Waals surface area contributed by atoms with E-state index in [-0.39, 0.29) is 17.9 Å². The molecule has 7 nitrogen and oxygen atoms in total. The lowest BCUT2D eigenvalue weighted by Gasteiger charge is -2.19. The number of carbonyl (C=O) groups excluding carboxylic acids is 1. The van der Waals surface area contributed by atoms with Crippen molar-refractivity contribution in [1.82, 2.24) is 14.7 Å². The van der Waals surface area contributed by atoms with E-state index in [2.05, 4.69) is 26.4 Å². The Kier molecular flexibility index (Phi) is 4.96. The van der Waals surface area contributed by atoms with Gasteiger partial charge in [-0.25, -0.2) is 14.4 Å². The standard InChI is InChI=1S/C19H14F4N6O/c20-13-9-12(4-5-14(13)29-8-6-24-11-26-29)10-25-18(30)16-17(19(21,22)23)27-15-3-1-2-7-28(15)16/h1-5,7,9H,6,8,10H2,(H,25,30). The summed E-state index contributed by atoms with van der Waals surface area (Å²) < 4.78 is 55.6. The average Bonchev–Trinajstić information content (AvgIpc) is 3.13. The second-order valence-corrected chi connectivity index (χ2v) is 6.41. The number of anilines is 1. The molecule has 154 valence electrons. The van der Waals surface area contributed by atoms with Gasteiger partial charge in [-0.15, -0.1) is 5.10 Å². The monoisotopic (exact) mass is 418 g/mol. The molecule has 3 aromatic rings. The molecule has 0 saturated heterocycles. The molecule has 0 fully saturated rings. The summed E-state index contributed by atoms with van der Waals surface area (Å²) >= 11 is 0. The molecular weight excluding hydrogens is 404 g/mol. The summed E-state index contributed by atoms with van der Waals surface area (Å²) in [5.41, 5.74) is -1.32. The maximum Gasteiger partial charge on any atom is 0.435 e. The van der Waals surface area contributed by atoms with Gasteiger partial charge in [0.1, 0.15) is 23.2 Å². The summed E-state index contributed by atoms with van der Waals surface area (Å²) in [7, 11) is 0. The lowest BCUT2D eigenvalue weighted by atomic mass is 10.2. The Labute approximate surface area is 167 Å². The van der Waals surface area contributed by atoms with Crippen LogP contribution in [0.2, 0.25) is 0 Å². The summed E-state index contributed by atoms with van der Waals surface area (Å²) in [5.74, 6) is -1.55. The third kappa shape index (κ3) is 3.74. The quantitative estimate of drug-likeness (QED) is 0.661. The molecule has 0 spiro atoms. The largest absolute Gasteiger partial charge is 0.435 e. The van der Waals surface area contributed by atoms with Gasteiger partial charge in [-0.05, 0) is 29.8 Å². The topological polar surface area (TPSA) is 74.4 Å². The minimum atomic E-state index is -4.80. The molecule has 0 bridgehead atoms. The molecule has 0 radical (unpaired) electrons. The van der Waals surface area contributed by atoms with Crippen LogP contribution in [0.25, 0.3) is 5.65 Å². The first kappa shape index (κ1) is 19.6. The Bertz CT molecular complexity index is 1180. The van der Waals surface area contributed by atoms with Crippen molar-refractivity contribution in [3.05, 3.63) is 65.4 Å². The first-order valence-corrected chi connectivity index (χ1v) is 8.85. The normalized spacial score (nSPS) is 13.8. The summed E-state index contributed by atoms with van der Waals surface area (Å²) in [6.45, 7) is 0.661. The highest BCUT2D eigenvalue weighted by Gasteiger charge is 2.40. The van der Waals surface area contributed by atoms with Gasteiger partial charge in [0.15, 0.2) is 5.69 Å². The Balaban J connectivity index is 1.56. The molecule has 11 heteroatoms. The van der Waals surface area contributed by atoms with Gasteiger partial charge in [0.05, 0.1) is 18.8 Å². The van der Waals surface area contributed by atoms with Crippen molar-refractivity contribution in [2.45, 2.75) is 12.7 Å². The van der Waals surface area contributed by atoms with Crippen molar-refractivity contribution in [3.63, 3.8) is 0 Å². The number of fused-ring (bicyclic) bond motifs is 1. The highest BCUT2D eigenvalue weighted by molar-refractivity contribution is 5.94. The smallest absolute Gasteiger partial charge is 0.347 e. The molecule has 0 unspecified atom stereocenters. The number of hydrogen-bond acceptors (Lipinski definition) is 5. The van der Waals surface area contributed by atoms with Crippen molar-refractivity contribution < 1.29 is 22.4 Å². The number of nitrogens with zero attached hydrogens (tertiary/aromatic N) is 5. The lowest BCUT2D eigenvalue weighted by molar-refractivity contribution is -0.141. The van der Waals surface area contributed by atoms with Crippen molar-refractivity contribution in [2.75, 3.05) is 18.1 Å². The zero-order valence-electron chi connectivity index (χ0n) is 15.3. The molecule has 0 aliphatic carbocycles. The van der Waals surface area contributed by atoms with Crippen LogP contribution in [0.15, 0.2) is 52.7 Å². The Morgan fingerprint density at radius 1 is 1.23 bits per heavy atom. The first-order valence-electron chi connectivity index (χ1n) is 8.85. The predicted molar refractivity (Wildman–Crippen MR) is 99.8 cm³/mol. The molecule has 1 N–H and O–H groups in total. The fraction of sp³-hybridized carbons (Fsp3) is 0.211. The molecular formula is C19H14F4N6O. The highest BCUT2D eigenvalue weighted by Crippen LogP contribution is 2.32. The van der Waals surface area contributed by atoms with Crippen molar-refractivity contribution in [1.29, 1.82) is 0 Å². The van der Waals surface area contributed by atoms with Gasteiger partial charge in [-0.3, -0.25) is 14.2 Å². The van der Waals surface area contributed by atoms with E-state index in [1.54, 1.807) is 6.07 Å². The molecule has 0 saturated carbocycles. The van der Waals surface area contributed by atoms with Crippen LogP contribution in [0.1, 0.15) is 21.7 Å². The van der Waals surface area contributed by atoms with Crippen LogP contribution in [0, 0.1) is 5.82 Å². The number of imidazole rings is 1. The number of alkyl halides is 3. The van der Waals surface area contributed by atoms with Crippen molar-refractivity contribution in [3.8, 4) is 0 Å². The molecule has 0 atom stereocenters. The van der Waals surface area contributed by atoms with Gasteiger partial charge in [0.2, 0.25) is 0 Å². The van der Waals surface area contributed by atoms with E-state index in [1.807, 2.05) is 0 Å². The number of pyridine rings is 1. The molecule has 4 rings (SSSR count). The van der Waals surface area contributed by atoms with E-state index >= 15 is 0 Å². The van der Waals surface area contributed by atoms with E-state index in [1.165, 1.54) is 41.5 Å². The van der Waals surface area contributed by atoms with Gasteiger partial charge in [0, 0.05) is 12.7 Å². The van der Waals surface area contributed by atoms with Crippen LogP contribution >= 0.6 is 0 Å². The Morgan fingerprint density at radius 2 is 2.07 bits per heavy atom. The van der Waals surface area contributed by atoms with Crippen LogP contribution in [-0.4, -0.2) is 34.4 Å². The molecule has 1 amide bonds. The van der Waals surface area contributed by atoms with Crippen LogP contribution in [0.4, 0.5) is 23.2 Å². The van der Waals surface area contributed by atoms with E-state index in [0.29, 0.717) is 18.7 Å². The van der Waals surface area contributed by atoms with Crippen molar-refractivity contribution in [2.24, 2.45) is 10.1 Å². The average molecular weight is 418 g/mol. The summed E-state index contributed by atoms with van der Waals surface area (Å²) in [6.07, 6.45) is -3.48. The molecule has 3 heterocycles. The Hall–Kier alpha value is -3.72. The van der Waals surface area contributed by atoms with E-state index in [0.717, 1.165) is 4.40 Å². The molecule has 1 aromatic carbocycles. The van der Waals surface area contributed by atoms with Gasteiger partial charge in [0.25, 0.3) is 5.91 Å². The van der Waals surface area contributed by atoms with Crippen molar-refractivity contribution >= 4 is 23.3 Å². The van der Waals surface area contributed by atoms with E-state index in [4.69, 9.17) is 0 Å². The van der Waals surface area contributed by atoms with E-state index < -0.39 is 29.3 Å². The Morgan fingerprint density at radius 3 is 2.77 bits per heavy atom. The number of carbonyl (C=O) groups is 1. The number of aliphatic imine (C=N–C) groups is 1. The number of halogens is 4. The third-order valence-electron chi connectivity index (χ3n) is 4.42. The zero-order valence-corrected chi connectivity index (χ0v) is 15.3. The first-order chi connectivity index (χ1) is 14.3. The second kappa shape index (κ2) is 7.60.